The molecule has 4 rings (SSSR count). The molecule has 0 aromatic carbocycles. The van der Waals surface area contributed by atoms with E-state index in [-0.39, 0.29) is 23.8 Å². The molecule has 1 N–H and O–H groups in total. The minimum absolute atomic E-state index is 0.0740. The summed E-state index contributed by atoms with van der Waals surface area (Å²) in [6.07, 6.45) is 5.64. The summed E-state index contributed by atoms with van der Waals surface area (Å²) < 4.78 is 1.86. The van der Waals surface area contributed by atoms with Crippen molar-refractivity contribution in [3.05, 3.63) is 30.2 Å². The fourth-order valence-electron chi connectivity index (χ4n) is 4.54. The van der Waals surface area contributed by atoms with E-state index in [0.717, 1.165) is 18.5 Å². The first-order valence-electron chi connectivity index (χ1n) is 9.90. The predicted octanol–water partition coefficient (Wildman–Crippen LogP) is 2.02. The average Bonchev–Trinajstić information content (AvgIpc) is 3.26. The van der Waals surface area contributed by atoms with Gasteiger partial charge in [-0.2, -0.15) is 0 Å². The van der Waals surface area contributed by atoms with E-state index in [2.05, 4.69) is 29.4 Å². The molecule has 7 nitrogen and oxygen atoms in total. The van der Waals surface area contributed by atoms with Gasteiger partial charge in [0.25, 0.3) is 0 Å². The van der Waals surface area contributed by atoms with Gasteiger partial charge in [-0.1, -0.05) is 32.8 Å². The summed E-state index contributed by atoms with van der Waals surface area (Å²) in [6, 6.07) is 5.96. The highest BCUT2D eigenvalue weighted by Gasteiger charge is 2.41. The minimum atomic E-state index is -0.277. The van der Waals surface area contributed by atoms with Gasteiger partial charge in [-0.3, -0.25) is 14.0 Å². The number of rotatable bonds is 4. The van der Waals surface area contributed by atoms with Crippen LogP contribution in [0.15, 0.2) is 24.4 Å². The standard InChI is InChI=1S/C20H27N5O2/c1-13-6-5-7-16(14(13)2)25-12-15(10-19(25)26)20(27)21-11-18-23-22-17-8-3-4-9-24(17)18/h3-4,8-9,13-16H,5-7,10-12H2,1-2H3,(H,21,27)/t13-,14-,15-,16-/m1/s1. The van der Waals surface area contributed by atoms with Crippen molar-refractivity contribution in [2.24, 2.45) is 17.8 Å². The van der Waals surface area contributed by atoms with Crippen LogP contribution < -0.4 is 5.32 Å². The topological polar surface area (TPSA) is 79.6 Å². The first-order valence-corrected chi connectivity index (χ1v) is 9.90. The number of aromatic nitrogens is 3. The van der Waals surface area contributed by atoms with Crippen molar-refractivity contribution in [3.8, 4) is 0 Å². The zero-order valence-corrected chi connectivity index (χ0v) is 16.0. The molecule has 2 fully saturated rings. The number of amides is 2. The molecule has 1 aliphatic heterocycles. The summed E-state index contributed by atoms with van der Waals surface area (Å²) in [5.41, 5.74) is 0.754. The third kappa shape index (κ3) is 3.42. The summed E-state index contributed by atoms with van der Waals surface area (Å²) in [7, 11) is 0. The molecule has 2 aromatic heterocycles. The Kier molecular flexibility index (Phi) is 4.85. The Morgan fingerprint density at radius 3 is 2.96 bits per heavy atom. The maximum Gasteiger partial charge on any atom is 0.225 e. The van der Waals surface area contributed by atoms with Gasteiger partial charge in [-0.25, -0.2) is 0 Å². The fourth-order valence-corrected chi connectivity index (χ4v) is 4.54. The molecular formula is C20H27N5O2. The van der Waals surface area contributed by atoms with Gasteiger partial charge in [-0.05, 0) is 30.4 Å². The fraction of sp³-hybridized carbons (Fsp3) is 0.600. The van der Waals surface area contributed by atoms with Gasteiger partial charge in [0.2, 0.25) is 11.8 Å². The van der Waals surface area contributed by atoms with E-state index in [9.17, 15) is 9.59 Å². The summed E-state index contributed by atoms with van der Waals surface area (Å²) in [5, 5.41) is 11.2. The normalized spacial score (nSPS) is 28.7. The largest absolute Gasteiger partial charge is 0.348 e. The molecule has 4 atom stereocenters. The van der Waals surface area contributed by atoms with E-state index in [1.54, 1.807) is 0 Å². The van der Waals surface area contributed by atoms with Crippen LogP contribution in [0.25, 0.3) is 5.65 Å². The van der Waals surface area contributed by atoms with E-state index in [0.29, 0.717) is 37.2 Å². The van der Waals surface area contributed by atoms with Gasteiger partial charge in [0.05, 0.1) is 12.5 Å². The molecule has 1 aliphatic carbocycles. The Morgan fingerprint density at radius 2 is 2.11 bits per heavy atom. The zero-order chi connectivity index (χ0) is 19.0. The van der Waals surface area contributed by atoms with Crippen LogP contribution in [-0.4, -0.2) is 43.9 Å². The Bertz CT molecular complexity index is 848. The smallest absolute Gasteiger partial charge is 0.225 e. The average molecular weight is 369 g/mol. The zero-order valence-electron chi connectivity index (χ0n) is 16.0. The van der Waals surface area contributed by atoms with Crippen molar-refractivity contribution < 1.29 is 9.59 Å². The lowest BCUT2D eigenvalue weighted by molar-refractivity contribution is -0.132. The molecule has 27 heavy (non-hydrogen) atoms. The van der Waals surface area contributed by atoms with E-state index < -0.39 is 0 Å². The lowest BCUT2D eigenvalue weighted by Gasteiger charge is -2.40. The first-order chi connectivity index (χ1) is 13.0. The lowest BCUT2D eigenvalue weighted by Crippen LogP contribution is -2.45. The highest BCUT2D eigenvalue weighted by atomic mass is 16.2. The van der Waals surface area contributed by atoms with Crippen molar-refractivity contribution in [1.82, 2.24) is 24.8 Å². The van der Waals surface area contributed by atoms with Gasteiger partial charge in [-0.15, -0.1) is 10.2 Å². The van der Waals surface area contributed by atoms with Crippen molar-refractivity contribution in [2.45, 2.75) is 52.1 Å². The van der Waals surface area contributed by atoms with Crippen LogP contribution in [-0.2, 0) is 16.1 Å². The third-order valence-corrected chi connectivity index (χ3v) is 6.40. The highest BCUT2D eigenvalue weighted by Crippen LogP contribution is 2.35. The number of hydrogen-bond donors (Lipinski definition) is 1. The molecule has 2 amide bonds. The second kappa shape index (κ2) is 7.29. The van der Waals surface area contributed by atoms with Crippen LogP contribution in [0.4, 0.5) is 0 Å². The maximum atomic E-state index is 12.6. The predicted molar refractivity (Wildman–Crippen MR) is 101 cm³/mol. The van der Waals surface area contributed by atoms with Crippen molar-refractivity contribution >= 4 is 17.5 Å². The Hall–Kier alpha value is -2.44. The van der Waals surface area contributed by atoms with E-state index in [4.69, 9.17) is 0 Å². The molecule has 1 saturated carbocycles. The van der Waals surface area contributed by atoms with E-state index in [1.165, 1.54) is 6.42 Å². The second-order valence-electron chi connectivity index (χ2n) is 8.04. The van der Waals surface area contributed by atoms with Gasteiger partial charge < -0.3 is 10.2 Å². The molecule has 3 heterocycles. The van der Waals surface area contributed by atoms with E-state index in [1.807, 2.05) is 33.7 Å². The van der Waals surface area contributed by atoms with Crippen LogP contribution >= 0.6 is 0 Å². The Balaban J connectivity index is 1.38. The minimum Gasteiger partial charge on any atom is -0.348 e. The van der Waals surface area contributed by atoms with Crippen LogP contribution in [0.3, 0.4) is 0 Å². The summed E-state index contributed by atoms with van der Waals surface area (Å²) in [6.45, 7) is 5.36. The lowest BCUT2D eigenvalue weighted by atomic mass is 9.77. The van der Waals surface area contributed by atoms with Gasteiger partial charge in [0, 0.05) is 25.2 Å². The quantitative estimate of drug-likeness (QED) is 0.894. The molecule has 0 spiro atoms. The number of nitrogens with zero attached hydrogens (tertiary/aromatic N) is 4. The van der Waals surface area contributed by atoms with Crippen LogP contribution in [0.2, 0.25) is 0 Å². The second-order valence-corrected chi connectivity index (χ2v) is 8.04. The van der Waals surface area contributed by atoms with Crippen molar-refractivity contribution in [3.63, 3.8) is 0 Å². The highest BCUT2D eigenvalue weighted by molar-refractivity contribution is 5.89. The molecule has 0 radical (unpaired) electrons. The van der Waals surface area contributed by atoms with Gasteiger partial charge >= 0.3 is 0 Å². The van der Waals surface area contributed by atoms with Gasteiger partial charge in [0.1, 0.15) is 0 Å². The molecule has 7 heteroatoms. The summed E-state index contributed by atoms with van der Waals surface area (Å²) >= 11 is 0. The summed E-state index contributed by atoms with van der Waals surface area (Å²) in [5.74, 6) is 1.58. The number of pyridine rings is 1. The van der Waals surface area contributed by atoms with Crippen molar-refractivity contribution in [2.75, 3.05) is 6.54 Å². The molecule has 144 valence electrons. The molecule has 0 bridgehead atoms. The number of carbonyl (C=O) groups is 2. The Morgan fingerprint density at radius 1 is 1.26 bits per heavy atom. The molecule has 2 aromatic rings. The maximum absolute atomic E-state index is 12.6. The molecule has 1 saturated heterocycles. The number of likely N-dealkylation sites (tertiary alicyclic amines) is 1. The number of carbonyl (C=O) groups excluding carboxylic acids is 2. The van der Waals surface area contributed by atoms with Crippen LogP contribution in [0, 0.1) is 17.8 Å². The monoisotopic (exact) mass is 369 g/mol. The molecule has 0 unspecified atom stereocenters. The van der Waals surface area contributed by atoms with Gasteiger partial charge in [0.15, 0.2) is 11.5 Å². The number of nitrogens with one attached hydrogen (secondary N) is 1. The molecular weight excluding hydrogens is 342 g/mol. The first kappa shape index (κ1) is 17.9. The third-order valence-electron chi connectivity index (χ3n) is 6.40. The van der Waals surface area contributed by atoms with Crippen molar-refractivity contribution in [1.29, 1.82) is 0 Å². The Labute approximate surface area is 159 Å². The number of hydrogen-bond acceptors (Lipinski definition) is 4. The summed E-state index contributed by atoms with van der Waals surface area (Å²) in [4.78, 5) is 27.2. The SMILES string of the molecule is C[C@@H]1[C@H](C)CCC[C@H]1N1C[C@H](C(=O)NCc2nnc3ccccn23)CC1=O. The van der Waals surface area contributed by atoms with Crippen LogP contribution in [0.5, 0.6) is 0 Å². The molecule has 2 aliphatic rings. The number of fused-ring (bicyclic) bond motifs is 1. The van der Waals surface area contributed by atoms with Crippen LogP contribution in [0.1, 0.15) is 45.4 Å². The van der Waals surface area contributed by atoms with E-state index >= 15 is 0 Å².